The highest BCUT2D eigenvalue weighted by Gasteiger charge is 2.26. The van der Waals surface area contributed by atoms with Crippen molar-refractivity contribution in [3.05, 3.63) is 126 Å². The van der Waals surface area contributed by atoms with Gasteiger partial charge in [-0.3, -0.25) is 9.69 Å². The second kappa shape index (κ2) is 19.5. The second-order valence-corrected chi connectivity index (χ2v) is 11.8. The Morgan fingerprint density at radius 1 is 0.808 bits per heavy atom. The molecule has 5 aromatic rings. The Bertz CT molecular complexity index is 1830. The lowest BCUT2D eigenvalue weighted by Crippen LogP contribution is -2.39. The van der Waals surface area contributed by atoms with Crippen molar-refractivity contribution in [2.24, 2.45) is 0 Å². The standard InChI is InChI=1S/C30H30N2O7.C11H17NO/c1-20(32(19-28(33)34)30(35)39-26-15-13-24(36-3)14-16-26)22-9-11-25(12-10-22)37-18-17-27-21(2)38-29(31-27)23-7-5-4-6-8-23;1-4-12-9(2)10-5-7-11(13-3)8-6-10/h4-16,20H,17-19H2,1-3H3,(H,33,34);5-9,12H,4H2,1-3H3/t20-;9-/m00/s1. The predicted molar refractivity (Wildman–Crippen MR) is 199 cm³/mol. The van der Waals surface area contributed by atoms with E-state index in [1.54, 1.807) is 62.6 Å². The van der Waals surface area contributed by atoms with Gasteiger partial charge in [-0.15, -0.1) is 0 Å². The SMILES string of the molecule is CCN[C@@H](C)c1ccc(OC)cc1.COc1ccc(OC(=O)N(CC(=O)O)[C@@H](C)c2ccc(OCCc3nc(-c4ccccc4)oc3C)cc2)cc1. The number of oxazole rings is 1. The maximum absolute atomic E-state index is 12.9. The average Bonchev–Trinajstić information content (AvgIpc) is 3.54. The average molecular weight is 710 g/mol. The summed E-state index contributed by atoms with van der Waals surface area (Å²) < 4.78 is 27.3. The van der Waals surface area contributed by atoms with Crippen molar-refractivity contribution in [2.45, 2.75) is 46.2 Å². The van der Waals surface area contributed by atoms with E-state index in [4.69, 9.17) is 23.4 Å². The molecule has 274 valence electrons. The molecule has 0 bridgehead atoms. The number of aromatic nitrogens is 1. The van der Waals surface area contributed by atoms with Gasteiger partial charge < -0.3 is 33.8 Å². The molecule has 2 N–H and O–H groups in total. The van der Waals surface area contributed by atoms with E-state index in [1.807, 2.05) is 49.4 Å². The van der Waals surface area contributed by atoms with Crippen LogP contribution in [0, 0.1) is 6.92 Å². The highest BCUT2D eigenvalue weighted by molar-refractivity contribution is 5.78. The fourth-order valence-corrected chi connectivity index (χ4v) is 5.28. The smallest absolute Gasteiger partial charge is 0.416 e. The number of ether oxygens (including phenoxy) is 4. The number of carbonyl (C=O) groups is 2. The zero-order valence-corrected chi connectivity index (χ0v) is 30.5. The minimum absolute atomic E-state index is 0.283. The van der Waals surface area contributed by atoms with E-state index in [2.05, 4.69) is 36.3 Å². The van der Waals surface area contributed by atoms with E-state index >= 15 is 0 Å². The molecular weight excluding hydrogens is 662 g/mol. The van der Waals surface area contributed by atoms with Crippen molar-refractivity contribution in [3.63, 3.8) is 0 Å². The quantitative estimate of drug-likeness (QED) is 0.109. The van der Waals surface area contributed by atoms with Crippen LogP contribution in [0.3, 0.4) is 0 Å². The molecule has 0 spiro atoms. The molecule has 11 nitrogen and oxygen atoms in total. The molecule has 0 saturated carbocycles. The number of nitrogens with one attached hydrogen (secondary N) is 1. The van der Waals surface area contributed by atoms with Gasteiger partial charge in [0.1, 0.15) is 35.3 Å². The summed E-state index contributed by atoms with van der Waals surface area (Å²) in [6.45, 7) is 8.77. The number of hydrogen-bond acceptors (Lipinski definition) is 9. The summed E-state index contributed by atoms with van der Waals surface area (Å²) in [4.78, 5) is 30.1. The Balaban J connectivity index is 0.000000392. The van der Waals surface area contributed by atoms with Crippen LogP contribution in [0.4, 0.5) is 4.79 Å². The van der Waals surface area contributed by atoms with E-state index in [1.165, 1.54) is 12.7 Å². The molecule has 0 aliphatic rings. The summed E-state index contributed by atoms with van der Waals surface area (Å²) in [5.41, 5.74) is 3.78. The van der Waals surface area contributed by atoms with Gasteiger partial charge in [-0.05, 0) is 99.1 Å². The molecule has 2 atom stereocenters. The van der Waals surface area contributed by atoms with Gasteiger partial charge in [0.2, 0.25) is 5.89 Å². The highest BCUT2D eigenvalue weighted by atomic mass is 16.6. The van der Waals surface area contributed by atoms with Gasteiger partial charge in [0.25, 0.3) is 0 Å². The van der Waals surface area contributed by atoms with E-state index in [9.17, 15) is 14.7 Å². The number of rotatable bonds is 15. The first-order valence-electron chi connectivity index (χ1n) is 17.1. The van der Waals surface area contributed by atoms with Crippen LogP contribution in [-0.4, -0.2) is 61.0 Å². The van der Waals surface area contributed by atoms with Crippen LogP contribution >= 0.6 is 0 Å². The molecule has 4 aromatic carbocycles. The van der Waals surface area contributed by atoms with Crippen LogP contribution in [0.15, 0.2) is 108 Å². The van der Waals surface area contributed by atoms with E-state index in [0.717, 1.165) is 39.8 Å². The molecule has 0 fully saturated rings. The predicted octanol–water partition coefficient (Wildman–Crippen LogP) is 8.29. The van der Waals surface area contributed by atoms with Crippen LogP contribution in [-0.2, 0) is 11.2 Å². The van der Waals surface area contributed by atoms with Gasteiger partial charge in [0.05, 0.1) is 32.6 Å². The van der Waals surface area contributed by atoms with Gasteiger partial charge in [0.15, 0.2) is 0 Å². The Hall–Kier alpha value is -5.81. The molecular formula is C41H47N3O8. The summed E-state index contributed by atoms with van der Waals surface area (Å²) in [5, 5.41) is 12.7. The van der Waals surface area contributed by atoms with Gasteiger partial charge in [0, 0.05) is 18.0 Å². The third-order valence-electron chi connectivity index (χ3n) is 8.28. The number of carboxylic acid groups (broad SMARTS) is 1. The number of nitrogens with zero attached hydrogens (tertiary/aromatic N) is 2. The lowest BCUT2D eigenvalue weighted by molar-refractivity contribution is -0.138. The molecule has 1 heterocycles. The number of aryl methyl sites for hydroxylation is 1. The lowest BCUT2D eigenvalue weighted by atomic mass is 10.1. The van der Waals surface area contributed by atoms with E-state index < -0.39 is 24.6 Å². The number of benzene rings is 4. The zero-order chi connectivity index (χ0) is 37.5. The molecule has 1 aromatic heterocycles. The number of carbonyl (C=O) groups excluding carboxylic acids is 1. The Kier molecular flexibility index (Phi) is 14.7. The van der Waals surface area contributed by atoms with Gasteiger partial charge in [-0.2, -0.15) is 0 Å². The number of methoxy groups -OCH3 is 2. The Labute approximate surface area is 305 Å². The Morgan fingerprint density at radius 2 is 1.37 bits per heavy atom. The zero-order valence-electron chi connectivity index (χ0n) is 30.5. The van der Waals surface area contributed by atoms with Crippen molar-refractivity contribution in [1.82, 2.24) is 15.2 Å². The normalized spacial score (nSPS) is 11.7. The molecule has 11 heteroatoms. The summed E-state index contributed by atoms with van der Waals surface area (Å²) in [5.74, 6) is 2.63. The number of hydrogen-bond donors (Lipinski definition) is 2. The first-order chi connectivity index (χ1) is 25.1. The van der Waals surface area contributed by atoms with Crippen molar-refractivity contribution >= 4 is 12.1 Å². The third-order valence-corrected chi connectivity index (χ3v) is 8.28. The van der Waals surface area contributed by atoms with Crippen molar-refractivity contribution in [2.75, 3.05) is 33.9 Å². The topological polar surface area (TPSA) is 133 Å². The fourth-order valence-electron chi connectivity index (χ4n) is 5.28. The maximum atomic E-state index is 12.9. The summed E-state index contributed by atoms with van der Waals surface area (Å²) in [6.07, 6.45) is -0.197. The molecule has 1 amide bonds. The summed E-state index contributed by atoms with van der Waals surface area (Å²) in [7, 11) is 3.22. The van der Waals surface area contributed by atoms with Gasteiger partial charge in [-0.1, -0.05) is 49.4 Å². The molecule has 52 heavy (non-hydrogen) atoms. The minimum atomic E-state index is -1.15. The number of aliphatic carboxylic acids is 1. The van der Waals surface area contributed by atoms with E-state index in [-0.39, 0.29) is 5.75 Å². The molecule has 0 radical (unpaired) electrons. The third kappa shape index (κ3) is 11.4. The second-order valence-electron chi connectivity index (χ2n) is 11.8. The minimum Gasteiger partial charge on any atom is -0.497 e. The van der Waals surface area contributed by atoms with Gasteiger partial charge in [-0.25, -0.2) is 9.78 Å². The van der Waals surface area contributed by atoms with Crippen LogP contribution in [0.2, 0.25) is 0 Å². The van der Waals surface area contributed by atoms with Crippen molar-refractivity contribution < 1.29 is 38.1 Å². The number of amides is 1. The molecule has 0 aliphatic carbocycles. The van der Waals surface area contributed by atoms with Crippen LogP contribution < -0.4 is 24.3 Å². The molecule has 0 unspecified atom stereocenters. The Morgan fingerprint density at radius 3 is 1.94 bits per heavy atom. The van der Waals surface area contributed by atoms with Gasteiger partial charge >= 0.3 is 12.1 Å². The van der Waals surface area contributed by atoms with Crippen LogP contribution in [0.5, 0.6) is 23.0 Å². The highest BCUT2D eigenvalue weighted by Crippen LogP contribution is 2.26. The summed E-state index contributed by atoms with van der Waals surface area (Å²) >= 11 is 0. The first-order valence-corrected chi connectivity index (χ1v) is 17.1. The van der Waals surface area contributed by atoms with Crippen molar-refractivity contribution in [3.8, 4) is 34.5 Å². The first kappa shape index (κ1) is 39.0. The maximum Gasteiger partial charge on any atom is 0.416 e. The van der Waals surface area contributed by atoms with E-state index in [0.29, 0.717) is 36.5 Å². The lowest BCUT2D eigenvalue weighted by Gasteiger charge is -2.27. The van der Waals surface area contributed by atoms with Crippen LogP contribution in [0.25, 0.3) is 11.5 Å². The molecule has 5 rings (SSSR count). The monoisotopic (exact) mass is 709 g/mol. The van der Waals surface area contributed by atoms with Crippen LogP contribution in [0.1, 0.15) is 55.4 Å². The molecule has 0 saturated heterocycles. The van der Waals surface area contributed by atoms with Crippen molar-refractivity contribution in [1.29, 1.82) is 0 Å². The fraction of sp³-hybridized carbons (Fsp3) is 0.293. The summed E-state index contributed by atoms with van der Waals surface area (Å²) in [6, 6.07) is 31.3. The number of carboxylic acids is 1. The largest absolute Gasteiger partial charge is 0.497 e. The molecule has 0 aliphatic heterocycles.